The number of H-pyrrole nitrogens is 1. The number of nitrogens with zero attached hydrogens (tertiary/aromatic N) is 1. The van der Waals surface area contributed by atoms with E-state index in [-0.39, 0.29) is 17.9 Å². The van der Waals surface area contributed by atoms with E-state index in [9.17, 15) is 9.59 Å². The number of hydrogen-bond donors (Lipinski definition) is 3. The van der Waals surface area contributed by atoms with Crippen LogP contribution in [0.15, 0.2) is 60.8 Å². The van der Waals surface area contributed by atoms with Crippen molar-refractivity contribution in [3.63, 3.8) is 0 Å². The lowest BCUT2D eigenvalue weighted by molar-refractivity contribution is 0.0927. The number of aryl methyl sites for hydroxylation is 1. The van der Waals surface area contributed by atoms with Gasteiger partial charge in [-0.1, -0.05) is 17.7 Å². The van der Waals surface area contributed by atoms with Crippen molar-refractivity contribution in [1.29, 1.82) is 0 Å². The third-order valence-electron chi connectivity index (χ3n) is 6.00. The third-order valence-corrected chi connectivity index (χ3v) is 6.23. The van der Waals surface area contributed by atoms with E-state index in [1.54, 1.807) is 31.4 Å². The first kappa shape index (κ1) is 22.0. The van der Waals surface area contributed by atoms with E-state index in [1.165, 1.54) is 5.56 Å². The average Bonchev–Trinajstić information content (AvgIpc) is 3.27. The summed E-state index contributed by atoms with van der Waals surface area (Å²) in [4.78, 5) is 31.9. The molecule has 2 aromatic heterocycles. The molecular weight excluding hydrogens is 452 g/mol. The minimum Gasteiger partial charge on any atom is -0.457 e. The maximum atomic E-state index is 12.9. The van der Waals surface area contributed by atoms with Gasteiger partial charge < -0.3 is 20.4 Å². The maximum Gasteiger partial charge on any atom is 0.269 e. The van der Waals surface area contributed by atoms with E-state index >= 15 is 0 Å². The summed E-state index contributed by atoms with van der Waals surface area (Å²) in [6, 6.07) is 16.6. The van der Waals surface area contributed by atoms with Crippen LogP contribution in [0.2, 0.25) is 5.02 Å². The number of carbonyl (C=O) groups excluding carboxylic acids is 2. The lowest BCUT2D eigenvalue weighted by Crippen LogP contribution is -2.39. The number of halogens is 1. The van der Waals surface area contributed by atoms with Crippen LogP contribution in [0.3, 0.4) is 0 Å². The van der Waals surface area contributed by atoms with Gasteiger partial charge in [0.15, 0.2) is 0 Å². The van der Waals surface area contributed by atoms with Crippen molar-refractivity contribution in [2.75, 3.05) is 7.05 Å². The van der Waals surface area contributed by atoms with Gasteiger partial charge in [-0.25, -0.2) is 0 Å². The smallest absolute Gasteiger partial charge is 0.269 e. The van der Waals surface area contributed by atoms with Gasteiger partial charge >= 0.3 is 0 Å². The van der Waals surface area contributed by atoms with E-state index < -0.39 is 0 Å². The molecular formula is C26H23ClN4O3. The second kappa shape index (κ2) is 9.19. The molecule has 7 nitrogen and oxygen atoms in total. The van der Waals surface area contributed by atoms with E-state index in [0.29, 0.717) is 34.3 Å². The van der Waals surface area contributed by atoms with Gasteiger partial charge in [-0.2, -0.15) is 0 Å². The third kappa shape index (κ3) is 4.61. The Morgan fingerprint density at radius 1 is 1.03 bits per heavy atom. The molecule has 2 aromatic carbocycles. The van der Waals surface area contributed by atoms with Crippen LogP contribution in [0, 0.1) is 0 Å². The van der Waals surface area contributed by atoms with Crippen LogP contribution in [0.5, 0.6) is 11.5 Å². The molecule has 8 heteroatoms. The molecule has 2 heterocycles. The summed E-state index contributed by atoms with van der Waals surface area (Å²) in [6.07, 6.45) is 4.00. The van der Waals surface area contributed by atoms with Gasteiger partial charge in [-0.3, -0.25) is 14.6 Å². The topological polar surface area (TPSA) is 96.1 Å². The largest absolute Gasteiger partial charge is 0.457 e. The number of rotatable bonds is 5. The van der Waals surface area contributed by atoms with Gasteiger partial charge in [0.05, 0.1) is 0 Å². The van der Waals surface area contributed by atoms with E-state index in [1.807, 2.05) is 30.3 Å². The number of carbonyl (C=O) groups is 2. The number of ether oxygens (including phenoxy) is 1. The molecule has 5 rings (SSSR count). The highest BCUT2D eigenvalue weighted by atomic mass is 35.5. The van der Waals surface area contributed by atoms with Crippen molar-refractivity contribution in [2.24, 2.45) is 0 Å². The first-order valence-electron chi connectivity index (χ1n) is 11.1. The zero-order valence-corrected chi connectivity index (χ0v) is 19.3. The SMILES string of the molecule is CNC(=O)c1cc(Oc2ccc3c(c2)CC(NC(=O)c2cc4cc(Cl)ccc4[nH]2)CC3)ccn1. The molecule has 1 unspecified atom stereocenters. The molecule has 0 fully saturated rings. The second-order valence-corrected chi connectivity index (χ2v) is 8.75. The Labute approximate surface area is 201 Å². The Bertz CT molecular complexity index is 1400. The molecule has 2 amide bonds. The van der Waals surface area contributed by atoms with Gasteiger partial charge in [0.2, 0.25) is 0 Å². The van der Waals surface area contributed by atoms with E-state index in [2.05, 4.69) is 26.7 Å². The summed E-state index contributed by atoms with van der Waals surface area (Å²) in [6.45, 7) is 0. The number of pyridine rings is 1. The van der Waals surface area contributed by atoms with Crippen molar-refractivity contribution >= 4 is 34.3 Å². The molecule has 0 saturated carbocycles. The van der Waals surface area contributed by atoms with Crippen LogP contribution in [0.25, 0.3) is 10.9 Å². The van der Waals surface area contributed by atoms with Crippen molar-refractivity contribution in [1.82, 2.24) is 20.6 Å². The van der Waals surface area contributed by atoms with Crippen LogP contribution >= 0.6 is 11.6 Å². The molecule has 0 spiro atoms. The zero-order chi connectivity index (χ0) is 23.7. The van der Waals surface area contributed by atoms with E-state index in [0.717, 1.165) is 29.3 Å². The Morgan fingerprint density at radius 2 is 1.88 bits per heavy atom. The van der Waals surface area contributed by atoms with Crippen LogP contribution < -0.4 is 15.4 Å². The molecule has 0 radical (unpaired) electrons. The monoisotopic (exact) mass is 474 g/mol. The highest BCUT2D eigenvalue weighted by Gasteiger charge is 2.22. The summed E-state index contributed by atoms with van der Waals surface area (Å²) >= 11 is 6.06. The predicted octanol–water partition coefficient (Wildman–Crippen LogP) is 4.66. The molecule has 3 N–H and O–H groups in total. The standard InChI is InChI=1S/C26H23ClN4O3/c1-28-25(32)23-14-21(8-9-29-23)34-20-6-3-15-2-5-19(11-16(15)12-20)30-26(33)24-13-17-10-18(27)4-7-22(17)31-24/h3-4,6-10,12-14,19,31H,2,5,11H2,1H3,(H,28,32)(H,30,33). The summed E-state index contributed by atoms with van der Waals surface area (Å²) in [5.74, 6) is 0.805. The molecule has 34 heavy (non-hydrogen) atoms. The Morgan fingerprint density at radius 3 is 2.74 bits per heavy atom. The molecule has 1 aliphatic carbocycles. The number of nitrogens with one attached hydrogen (secondary N) is 3. The van der Waals surface area contributed by atoms with Gasteiger partial charge in [0.1, 0.15) is 22.9 Å². The second-order valence-electron chi connectivity index (χ2n) is 8.32. The number of amides is 2. The van der Waals surface area contributed by atoms with Gasteiger partial charge in [0, 0.05) is 41.3 Å². The van der Waals surface area contributed by atoms with Crippen molar-refractivity contribution < 1.29 is 14.3 Å². The molecule has 1 aliphatic rings. The number of aromatic nitrogens is 2. The molecule has 0 aliphatic heterocycles. The first-order chi connectivity index (χ1) is 16.5. The fraction of sp³-hybridized carbons (Fsp3) is 0.192. The number of hydrogen-bond acceptors (Lipinski definition) is 4. The van der Waals surface area contributed by atoms with E-state index in [4.69, 9.17) is 16.3 Å². The minimum atomic E-state index is -0.271. The number of aromatic amines is 1. The van der Waals surface area contributed by atoms with Gasteiger partial charge in [-0.15, -0.1) is 0 Å². The molecule has 4 aromatic rings. The van der Waals surface area contributed by atoms with Crippen LogP contribution in [0.1, 0.15) is 38.5 Å². The van der Waals surface area contributed by atoms with Gasteiger partial charge in [-0.05, 0) is 72.9 Å². The van der Waals surface area contributed by atoms with Crippen LogP contribution in [-0.2, 0) is 12.8 Å². The fourth-order valence-corrected chi connectivity index (χ4v) is 4.45. The van der Waals surface area contributed by atoms with Gasteiger partial charge in [0.25, 0.3) is 11.8 Å². The quantitative estimate of drug-likeness (QED) is 0.392. The summed E-state index contributed by atoms with van der Waals surface area (Å²) in [5.41, 5.74) is 4.07. The maximum absolute atomic E-state index is 12.9. The lowest BCUT2D eigenvalue weighted by atomic mass is 9.88. The molecule has 0 bridgehead atoms. The van der Waals surface area contributed by atoms with Crippen LogP contribution in [0.4, 0.5) is 0 Å². The summed E-state index contributed by atoms with van der Waals surface area (Å²) in [7, 11) is 1.56. The highest BCUT2D eigenvalue weighted by molar-refractivity contribution is 6.31. The first-order valence-corrected chi connectivity index (χ1v) is 11.4. The molecule has 172 valence electrons. The highest BCUT2D eigenvalue weighted by Crippen LogP contribution is 2.29. The average molecular weight is 475 g/mol. The Kier molecular flexibility index (Phi) is 5.94. The Hall–Kier alpha value is -3.84. The number of benzene rings is 2. The predicted molar refractivity (Wildman–Crippen MR) is 131 cm³/mol. The van der Waals surface area contributed by atoms with Crippen molar-refractivity contribution in [3.8, 4) is 11.5 Å². The zero-order valence-electron chi connectivity index (χ0n) is 18.5. The van der Waals surface area contributed by atoms with Crippen LogP contribution in [-0.4, -0.2) is 34.9 Å². The summed E-state index contributed by atoms with van der Waals surface area (Å²) < 4.78 is 5.99. The Balaban J connectivity index is 1.28. The lowest BCUT2D eigenvalue weighted by Gasteiger charge is -2.26. The molecule has 0 saturated heterocycles. The normalized spacial score (nSPS) is 14.9. The van der Waals surface area contributed by atoms with Crippen molar-refractivity contribution in [3.05, 3.63) is 88.3 Å². The molecule has 1 atom stereocenters. The van der Waals surface area contributed by atoms with Crippen molar-refractivity contribution in [2.45, 2.75) is 25.3 Å². The summed E-state index contributed by atoms with van der Waals surface area (Å²) in [5, 5.41) is 7.25. The minimum absolute atomic E-state index is 0.0195. The number of fused-ring (bicyclic) bond motifs is 2. The fourth-order valence-electron chi connectivity index (χ4n) is 4.27.